The molecule has 0 spiro atoms. The number of benzene rings is 1. The normalized spacial score (nSPS) is 13.1. The Bertz CT molecular complexity index is 573. The molecule has 0 saturated carbocycles. The fourth-order valence-corrected chi connectivity index (χ4v) is 3.67. The van der Waals surface area contributed by atoms with Crippen LogP contribution < -0.4 is 4.72 Å². The molecule has 1 rings (SSSR count). The highest BCUT2D eigenvalue weighted by Gasteiger charge is 2.25. The number of nitrogens with one attached hydrogen (secondary N) is 1. The summed E-state index contributed by atoms with van der Waals surface area (Å²) < 4.78 is 52.2. The highest BCUT2D eigenvalue weighted by Crippen LogP contribution is 2.26. The van der Waals surface area contributed by atoms with Crippen molar-refractivity contribution in [3.05, 3.63) is 28.2 Å². The van der Waals surface area contributed by atoms with Crippen LogP contribution in [0, 0.1) is 24.0 Å². The summed E-state index contributed by atoms with van der Waals surface area (Å²) in [5.41, 5.74) is 0. The summed E-state index contributed by atoms with van der Waals surface area (Å²) in [6.45, 7) is 1.68. The average molecular weight is 338 g/mol. The highest BCUT2D eigenvalue weighted by molar-refractivity contribution is 9.10. The van der Waals surface area contributed by atoms with Gasteiger partial charge in [-0.05, 0) is 28.4 Å². The molecule has 0 bridgehead atoms. The topological polar surface area (TPSA) is 46.2 Å². The first-order valence-electron chi connectivity index (χ1n) is 4.94. The Morgan fingerprint density at radius 3 is 2.56 bits per heavy atom. The maximum atomic E-state index is 13.5. The van der Waals surface area contributed by atoms with E-state index in [-0.39, 0.29) is 4.47 Å². The molecule has 0 radical (unpaired) electrons. The van der Waals surface area contributed by atoms with Crippen LogP contribution in [0.4, 0.5) is 8.78 Å². The van der Waals surface area contributed by atoms with E-state index in [0.717, 1.165) is 6.07 Å². The summed E-state index contributed by atoms with van der Waals surface area (Å²) in [4.78, 5) is -0.655. The quantitative estimate of drug-likeness (QED) is 0.857. The van der Waals surface area contributed by atoms with Gasteiger partial charge in [-0.25, -0.2) is 17.2 Å². The minimum atomic E-state index is -4.14. The second-order valence-corrected chi connectivity index (χ2v) is 5.95. The van der Waals surface area contributed by atoms with Crippen molar-refractivity contribution >= 4 is 26.0 Å². The van der Waals surface area contributed by atoms with Gasteiger partial charge in [0.25, 0.3) is 0 Å². The molecule has 1 aromatic rings. The van der Waals surface area contributed by atoms with E-state index in [0.29, 0.717) is 12.5 Å². The Hall–Kier alpha value is -0.970. The third-order valence-corrected chi connectivity index (χ3v) is 4.57. The molecule has 1 atom stereocenters. The molecular formula is C11H10BrF2NO2S. The SMILES string of the molecule is C#CC(CC)NS(=O)(=O)c1c(F)cc(F)cc1Br. The molecule has 0 heterocycles. The third kappa shape index (κ3) is 3.28. The first kappa shape index (κ1) is 15.1. The Balaban J connectivity index is 3.26. The summed E-state index contributed by atoms with van der Waals surface area (Å²) in [6, 6.07) is 0.622. The zero-order valence-corrected chi connectivity index (χ0v) is 11.8. The first-order chi connectivity index (χ1) is 8.31. The Labute approximate surface area is 113 Å². The van der Waals surface area contributed by atoms with Gasteiger partial charge in [0.1, 0.15) is 16.5 Å². The van der Waals surface area contributed by atoms with E-state index in [1.54, 1.807) is 6.92 Å². The van der Waals surface area contributed by atoms with Crippen LogP contribution in [0.2, 0.25) is 0 Å². The molecule has 0 aliphatic carbocycles. The highest BCUT2D eigenvalue weighted by atomic mass is 79.9. The van der Waals surface area contributed by atoms with Gasteiger partial charge in [0.2, 0.25) is 10.0 Å². The molecule has 18 heavy (non-hydrogen) atoms. The summed E-state index contributed by atoms with van der Waals surface area (Å²) in [6.07, 6.45) is 5.48. The van der Waals surface area contributed by atoms with E-state index >= 15 is 0 Å². The number of hydrogen-bond acceptors (Lipinski definition) is 2. The fraction of sp³-hybridized carbons (Fsp3) is 0.273. The lowest BCUT2D eigenvalue weighted by Crippen LogP contribution is -2.34. The lowest BCUT2D eigenvalue weighted by molar-refractivity contribution is 0.536. The van der Waals surface area contributed by atoms with Crippen molar-refractivity contribution in [1.82, 2.24) is 4.72 Å². The fourth-order valence-electron chi connectivity index (χ4n) is 1.27. The Morgan fingerprint density at radius 1 is 1.50 bits per heavy atom. The minimum Gasteiger partial charge on any atom is -0.207 e. The molecule has 1 unspecified atom stereocenters. The number of halogens is 3. The molecule has 0 amide bonds. The van der Waals surface area contributed by atoms with E-state index in [4.69, 9.17) is 6.42 Å². The molecule has 0 fully saturated rings. The molecule has 0 aliphatic rings. The maximum Gasteiger partial charge on any atom is 0.245 e. The van der Waals surface area contributed by atoms with Gasteiger partial charge in [0, 0.05) is 10.5 Å². The number of sulfonamides is 1. The minimum absolute atomic E-state index is 0.195. The van der Waals surface area contributed by atoms with E-state index < -0.39 is 32.6 Å². The molecule has 0 aromatic heterocycles. The summed E-state index contributed by atoms with van der Waals surface area (Å²) in [5.74, 6) is 0.174. The second-order valence-electron chi connectivity index (χ2n) is 3.45. The van der Waals surface area contributed by atoms with Gasteiger partial charge in [-0.1, -0.05) is 12.8 Å². The predicted octanol–water partition coefficient (Wildman–Crippen LogP) is 2.42. The molecule has 1 N–H and O–H groups in total. The van der Waals surface area contributed by atoms with Crippen LogP contribution in [0.25, 0.3) is 0 Å². The molecule has 3 nitrogen and oxygen atoms in total. The Morgan fingerprint density at radius 2 is 2.11 bits per heavy atom. The van der Waals surface area contributed by atoms with Gasteiger partial charge in [-0.15, -0.1) is 6.42 Å². The van der Waals surface area contributed by atoms with Crippen molar-refractivity contribution in [1.29, 1.82) is 0 Å². The van der Waals surface area contributed by atoms with Crippen LogP contribution >= 0.6 is 15.9 Å². The zero-order valence-electron chi connectivity index (χ0n) is 9.38. The summed E-state index contributed by atoms with van der Waals surface area (Å²) >= 11 is 2.82. The van der Waals surface area contributed by atoms with Crippen molar-refractivity contribution in [2.75, 3.05) is 0 Å². The van der Waals surface area contributed by atoms with Crippen molar-refractivity contribution in [3.8, 4) is 12.3 Å². The largest absolute Gasteiger partial charge is 0.245 e. The summed E-state index contributed by atoms with van der Waals surface area (Å²) in [5, 5.41) is 0. The molecule has 98 valence electrons. The predicted molar refractivity (Wildman–Crippen MR) is 67.3 cm³/mol. The number of terminal acetylenes is 1. The average Bonchev–Trinajstić information content (AvgIpc) is 2.23. The molecule has 1 aromatic carbocycles. The summed E-state index contributed by atoms with van der Waals surface area (Å²) in [7, 11) is -4.14. The number of hydrogen-bond donors (Lipinski definition) is 1. The van der Waals surface area contributed by atoms with E-state index in [1.807, 2.05) is 0 Å². The van der Waals surface area contributed by atoms with Crippen LogP contribution in [0.1, 0.15) is 13.3 Å². The van der Waals surface area contributed by atoms with Crippen molar-refractivity contribution in [2.24, 2.45) is 0 Å². The molecular weight excluding hydrogens is 328 g/mol. The molecule has 7 heteroatoms. The van der Waals surface area contributed by atoms with Crippen LogP contribution in [-0.4, -0.2) is 14.5 Å². The van der Waals surface area contributed by atoms with Gasteiger partial charge in [0.05, 0.1) is 6.04 Å². The smallest absolute Gasteiger partial charge is 0.207 e. The van der Waals surface area contributed by atoms with Crippen LogP contribution in [-0.2, 0) is 10.0 Å². The van der Waals surface area contributed by atoms with E-state index in [2.05, 4.69) is 26.6 Å². The van der Waals surface area contributed by atoms with Crippen molar-refractivity contribution in [3.63, 3.8) is 0 Å². The number of rotatable bonds is 4. The van der Waals surface area contributed by atoms with Crippen LogP contribution in [0.5, 0.6) is 0 Å². The van der Waals surface area contributed by atoms with E-state index in [1.165, 1.54) is 0 Å². The zero-order chi connectivity index (χ0) is 13.9. The van der Waals surface area contributed by atoms with Gasteiger partial charge in [0.15, 0.2) is 0 Å². The standard InChI is InChI=1S/C11H10BrF2NO2S/c1-3-8(4-2)15-18(16,17)11-9(12)5-7(13)6-10(11)14/h1,5-6,8,15H,4H2,2H3. The molecule has 0 saturated heterocycles. The van der Waals surface area contributed by atoms with E-state index in [9.17, 15) is 17.2 Å². The second kappa shape index (κ2) is 5.78. The van der Waals surface area contributed by atoms with Gasteiger partial charge < -0.3 is 0 Å². The van der Waals surface area contributed by atoms with Gasteiger partial charge in [-0.3, -0.25) is 0 Å². The van der Waals surface area contributed by atoms with Crippen molar-refractivity contribution in [2.45, 2.75) is 24.3 Å². The lowest BCUT2D eigenvalue weighted by atomic mass is 10.3. The van der Waals surface area contributed by atoms with Gasteiger partial charge in [-0.2, -0.15) is 4.72 Å². The lowest BCUT2D eigenvalue weighted by Gasteiger charge is -2.13. The Kier molecular flexibility index (Phi) is 4.85. The van der Waals surface area contributed by atoms with Gasteiger partial charge >= 0.3 is 0 Å². The first-order valence-corrected chi connectivity index (χ1v) is 7.22. The monoisotopic (exact) mass is 337 g/mol. The maximum absolute atomic E-state index is 13.5. The van der Waals surface area contributed by atoms with Crippen LogP contribution in [0.15, 0.2) is 21.5 Å². The third-order valence-electron chi connectivity index (χ3n) is 2.14. The van der Waals surface area contributed by atoms with Crippen molar-refractivity contribution < 1.29 is 17.2 Å². The molecule has 0 aliphatic heterocycles. The van der Waals surface area contributed by atoms with Crippen LogP contribution in [0.3, 0.4) is 0 Å².